The molecule has 1 fully saturated rings. The Kier molecular flexibility index (Phi) is 7.53. The second-order valence-corrected chi connectivity index (χ2v) is 6.70. The van der Waals surface area contributed by atoms with Crippen molar-refractivity contribution >= 4 is 17.9 Å². The normalized spacial score (nSPS) is 17.9. The minimum absolute atomic E-state index is 0. The number of nitrogens with zero attached hydrogens (tertiary/aromatic N) is 4. The molecule has 0 radical (unpaired) electrons. The van der Waals surface area contributed by atoms with Gasteiger partial charge in [0.15, 0.2) is 0 Å². The molecule has 0 aromatic carbocycles. The Morgan fingerprint density at radius 2 is 2.20 bits per heavy atom. The largest absolute Gasteiger partial charge is 0.296 e. The molecular weight excluding hydrogens is 308 g/mol. The first kappa shape index (κ1) is 19.1. The molecule has 2 aliphatic carbocycles. The van der Waals surface area contributed by atoms with Crippen LogP contribution in [-0.4, -0.2) is 23.2 Å². The van der Waals surface area contributed by atoms with Crippen molar-refractivity contribution in [3.8, 4) is 6.07 Å². The molecule has 0 aliphatic heterocycles. The van der Waals surface area contributed by atoms with Gasteiger partial charge in [-0.3, -0.25) is 4.99 Å². The molecule has 4 nitrogen and oxygen atoms in total. The molecule has 1 saturated carbocycles. The summed E-state index contributed by atoms with van der Waals surface area (Å²) in [6, 6.07) is 2.24. The Morgan fingerprint density at radius 1 is 1.44 bits per heavy atom. The highest BCUT2D eigenvalue weighted by Gasteiger charge is 2.20. The zero-order chi connectivity index (χ0) is 18.1. The van der Waals surface area contributed by atoms with Crippen LogP contribution in [0.2, 0.25) is 0 Å². The summed E-state index contributed by atoms with van der Waals surface area (Å²) in [5.41, 5.74) is 4.25. The number of hydrogen-bond donors (Lipinski definition) is 0. The number of aliphatic imine (C=N–C) groups is 1. The number of fused-ring (bicyclic) bond motifs is 1. The van der Waals surface area contributed by atoms with Crippen LogP contribution in [0, 0.1) is 23.2 Å². The standard InChI is InChI=1S/C12H13N3.C9H15N.H2/c1-3-9(7-13-2)12-10-5-4-6-11(10)14-8-15-12;1-8(6-7-10)9-4-2-3-5-9;/h3-5,7-8H,6H2,1-2H3;8-9H,2-6H2,1H3;1H/b9-3+,13-7?;;/t;8-;/m.1./s1. The van der Waals surface area contributed by atoms with Crippen LogP contribution in [0.4, 0.5) is 0 Å². The molecular formula is C21H30N4. The fourth-order valence-corrected chi connectivity index (χ4v) is 3.54. The zero-order valence-corrected chi connectivity index (χ0v) is 15.6. The van der Waals surface area contributed by atoms with Gasteiger partial charge in [0.2, 0.25) is 0 Å². The zero-order valence-electron chi connectivity index (χ0n) is 15.6. The summed E-state index contributed by atoms with van der Waals surface area (Å²) >= 11 is 0. The van der Waals surface area contributed by atoms with Crippen LogP contribution >= 0.6 is 0 Å². The van der Waals surface area contributed by atoms with Crippen LogP contribution in [-0.2, 0) is 6.42 Å². The topological polar surface area (TPSA) is 61.9 Å². The molecule has 0 saturated heterocycles. The van der Waals surface area contributed by atoms with Gasteiger partial charge in [-0.05, 0) is 18.8 Å². The van der Waals surface area contributed by atoms with Crippen molar-refractivity contribution in [1.82, 2.24) is 9.97 Å². The predicted molar refractivity (Wildman–Crippen MR) is 106 cm³/mol. The minimum Gasteiger partial charge on any atom is -0.296 e. The summed E-state index contributed by atoms with van der Waals surface area (Å²) in [6.45, 7) is 4.20. The molecule has 0 spiro atoms. The second kappa shape index (κ2) is 9.88. The van der Waals surface area contributed by atoms with Crippen LogP contribution in [0.5, 0.6) is 0 Å². The first-order valence-corrected chi connectivity index (χ1v) is 9.17. The molecule has 1 atom stereocenters. The summed E-state index contributed by atoms with van der Waals surface area (Å²) in [4.78, 5) is 12.6. The molecule has 2 aliphatic rings. The summed E-state index contributed by atoms with van der Waals surface area (Å²) in [7, 11) is 1.76. The van der Waals surface area contributed by atoms with E-state index in [0.29, 0.717) is 5.92 Å². The van der Waals surface area contributed by atoms with Gasteiger partial charge in [0.25, 0.3) is 0 Å². The third kappa shape index (κ3) is 5.09. The molecule has 1 aromatic heterocycles. The molecule has 0 N–H and O–H groups in total. The fourth-order valence-electron chi connectivity index (χ4n) is 3.54. The fraction of sp³-hybridized carbons (Fsp3) is 0.524. The van der Waals surface area contributed by atoms with E-state index >= 15 is 0 Å². The number of aromatic nitrogens is 2. The van der Waals surface area contributed by atoms with Crippen LogP contribution in [0.25, 0.3) is 11.6 Å². The summed E-state index contributed by atoms with van der Waals surface area (Å²) in [5.74, 6) is 1.51. The number of rotatable bonds is 4. The molecule has 4 heteroatoms. The van der Waals surface area contributed by atoms with E-state index in [9.17, 15) is 0 Å². The molecule has 25 heavy (non-hydrogen) atoms. The van der Waals surface area contributed by atoms with Crippen molar-refractivity contribution in [2.24, 2.45) is 16.8 Å². The maximum Gasteiger partial charge on any atom is 0.116 e. The van der Waals surface area contributed by atoms with Crippen molar-refractivity contribution in [3.05, 3.63) is 35.4 Å². The Hall–Kier alpha value is -2.28. The third-order valence-electron chi connectivity index (χ3n) is 5.03. The SMILES string of the molecule is C/C=C(\C=NC)c1ncnc2c1C=CC2.C[C@H](CC#N)C1CCCC1.[HH]. The lowest BCUT2D eigenvalue weighted by Gasteiger charge is -2.14. The number of nitriles is 1. The van der Waals surface area contributed by atoms with E-state index in [2.05, 4.69) is 40.1 Å². The monoisotopic (exact) mass is 338 g/mol. The Morgan fingerprint density at radius 3 is 2.84 bits per heavy atom. The van der Waals surface area contributed by atoms with Gasteiger partial charge in [0.1, 0.15) is 6.33 Å². The molecule has 134 valence electrons. The highest BCUT2D eigenvalue weighted by atomic mass is 14.8. The quantitative estimate of drug-likeness (QED) is 0.716. The minimum atomic E-state index is 0. The first-order chi connectivity index (χ1) is 12.2. The van der Waals surface area contributed by atoms with Gasteiger partial charge in [-0.15, -0.1) is 0 Å². The van der Waals surface area contributed by atoms with E-state index in [1.165, 1.54) is 25.7 Å². The molecule has 1 heterocycles. The first-order valence-electron chi connectivity index (χ1n) is 9.17. The van der Waals surface area contributed by atoms with Crippen molar-refractivity contribution in [1.29, 1.82) is 5.26 Å². The van der Waals surface area contributed by atoms with E-state index in [4.69, 9.17) is 5.26 Å². The van der Waals surface area contributed by atoms with E-state index in [1.54, 1.807) is 13.4 Å². The van der Waals surface area contributed by atoms with Crippen LogP contribution in [0.15, 0.2) is 23.5 Å². The number of allylic oxidation sites excluding steroid dienone is 3. The number of hydrogen-bond acceptors (Lipinski definition) is 4. The molecule has 0 bridgehead atoms. The maximum atomic E-state index is 8.45. The second-order valence-electron chi connectivity index (χ2n) is 6.70. The Labute approximate surface area is 152 Å². The van der Waals surface area contributed by atoms with Gasteiger partial charge in [0, 0.05) is 38.7 Å². The van der Waals surface area contributed by atoms with E-state index < -0.39 is 0 Å². The Balaban J connectivity index is 0.000000270. The average Bonchev–Trinajstić information content (AvgIpc) is 3.31. The van der Waals surface area contributed by atoms with Crippen LogP contribution < -0.4 is 0 Å². The van der Waals surface area contributed by atoms with Gasteiger partial charge < -0.3 is 0 Å². The summed E-state index contributed by atoms with van der Waals surface area (Å²) in [5, 5.41) is 8.45. The molecule has 3 rings (SSSR count). The van der Waals surface area contributed by atoms with Crippen molar-refractivity contribution < 1.29 is 1.43 Å². The van der Waals surface area contributed by atoms with E-state index in [-0.39, 0.29) is 1.43 Å². The van der Waals surface area contributed by atoms with E-state index in [1.807, 2.05) is 19.2 Å². The lowest BCUT2D eigenvalue weighted by atomic mass is 9.90. The summed E-state index contributed by atoms with van der Waals surface area (Å²) < 4.78 is 0. The highest BCUT2D eigenvalue weighted by Crippen LogP contribution is 2.32. The van der Waals surface area contributed by atoms with Crippen molar-refractivity contribution in [2.45, 2.75) is 52.4 Å². The smallest absolute Gasteiger partial charge is 0.116 e. The lowest BCUT2D eigenvalue weighted by molar-refractivity contribution is 0.373. The van der Waals surface area contributed by atoms with Crippen molar-refractivity contribution in [3.63, 3.8) is 0 Å². The van der Waals surface area contributed by atoms with Gasteiger partial charge in [-0.2, -0.15) is 5.26 Å². The van der Waals surface area contributed by atoms with Gasteiger partial charge >= 0.3 is 0 Å². The average molecular weight is 338 g/mol. The Bertz CT molecular complexity index is 694. The van der Waals surface area contributed by atoms with Crippen molar-refractivity contribution in [2.75, 3.05) is 7.05 Å². The third-order valence-corrected chi connectivity index (χ3v) is 5.03. The molecule has 1 aromatic rings. The van der Waals surface area contributed by atoms with Gasteiger partial charge in [-0.25, -0.2) is 9.97 Å². The van der Waals surface area contributed by atoms with Crippen LogP contribution in [0.3, 0.4) is 0 Å². The van der Waals surface area contributed by atoms with E-state index in [0.717, 1.165) is 41.3 Å². The molecule has 0 amide bonds. The maximum absolute atomic E-state index is 8.45. The van der Waals surface area contributed by atoms with Gasteiger partial charge in [-0.1, -0.05) is 50.8 Å². The lowest BCUT2D eigenvalue weighted by Crippen LogP contribution is -2.05. The predicted octanol–water partition coefficient (Wildman–Crippen LogP) is 5.12. The highest BCUT2D eigenvalue weighted by molar-refractivity contribution is 6.10. The summed E-state index contributed by atoms with van der Waals surface area (Å²) in [6.07, 6.45) is 16.8. The molecule has 0 unspecified atom stereocenters. The van der Waals surface area contributed by atoms with Gasteiger partial charge in [0.05, 0.1) is 17.5 Å². The van der Waals surface area contributed by atoms with Crippen LogP contribution in [0.1, 0.15) is 64.3 Å².